The van der Waals surface area contributed by atoms with Gasteiger partial charge in [0.15, 0.2) is 5.75 Å². The summed E-state index contributed by atoms with van der Waals surface area (Å²) in [6.07, 6.45) is 0. The van der Waals surface area contributed by atoms with Crippen LogP contribution in [0.3, 0.4) is 0 Å². The lowest BCUT2D eigenvalue weighted by Gasteiger charge is -2.19. The molecule has 1 atom stereocenters. The van der Waals surface area contributed by atoms with Crippen molar-refractivity contribution >= 4 is 20.9 Å². The predicted molar refractivity (Wildman–Crippen MR) is 112 cm³/mol. The quantitative estimate of drug-likeness (QED) is 0.360. The van der Waals surface area contributed by atoms with E-state index in [0.29, 0.717) is 34.8 Å². The van der Waals surface area contributed by atoms with E-state index in [9.17, 15) is 21.6 Å². The van der Waals surface area contributed by atoms with Gasteiger partial charge in [-0.1, -0.05) is 62.4 Å². The first kappa shape index (κ1) is 21.5. The minimum absolute atomic E-state index is 0.252. The molecule has 1 heterocycles. The van der Waals surface area contributed by atoms with Crippen molar-refractivity contribution in [1.82, 2.24) is 0 Å². The second kappa shape index (κ2) is 7.44. The number of hydrogen-bond donors (Lipinski definition) is 0. The van der Waals surface area contributed by atoms with E-state index in [4.69, 9.17) is 4.74 Å². The molecule has 4 rings (SSSR count). The first-order valence-electron chi connectivity index (χ1n) is 9.80. The summed E-state index contributed by atoms with van der Waals surface area (Å²) in [5.74, 6) is 0.333. The molecule has 0 radical (unpaired) electrons. The van der Waals surface area contributed by atoms with E-state index in [0.717, 1.165) is 5.56 Å². The standard InChI is InChI=1S/C23H21F3O4S/c1-13(2)15-8-10-16(11-9-15)19-12-29-22-18-7-5-4-6-17(18)21(14(3)20(19)22)30-31(27,28)23(24,25)26/h4-11,13,19H,12H2,1-3H3. The van der Waals surface area contributed by atoms with Crippen molar-refractivity contribution in [1.29, 1.82) is 0 Å². The van der Waals surface area contributed by atoms with Crippen LogP contribution < -0.4 is 8.92 Å². The molecular weight excluding hydrogens is 429 g/mol. The first-order chi connectivity index (χ1) is 14.5. The second-order valence-electron chi connectivity index (χ2n) is 7.91. The molecule has 3 aromatic carbocycles. The van der Waals surface area contributed by atoms with Crippen LogP contribution in [0, 0.1) is 6.92 Å². The van der Waals surface area contributed by atoms with Gasteiger partial charge in [0, 0.05) is 27.8 Å². The van der Waals surface area contributed by atoms with Crippen LogP contribution in [0.4, 0.5) is 13.2 Å². The molecule has 0 saturated carbocycles. The Hall–Kier alpha value is -2.74. The number of rotatable bonds is 4. The van der Waals surface area contributed by atoms with Gasteiger partial charge < -0.3 is 8.92 Å². The lowest BCUT2D eigenvalue weighted by molar-refractivity contribution is -0.0499. The molecule has 0 bridgehead atoms. The average molecular weight is 450 g/mol. The average Bonchev–Trinajstić information content (AvgIpc) is 3.16. The van der Waals surface area contributed by atoms with Crippen molar-refractivity contribution < 1.29 is 30.5 Å². The van der Waals surface area contributed by atoms with Gasteiger partial charge >= 0.3 is 15.6 Å². The summed E-state index contributed by atoms with van der Waals surface area (Å²) < 4.78 is 73.3. The number of fused-ring (bicyclic) bond motifs is 3. The van der Waals surface area contributed by atoms with Gasteiger partial charge in [-0.3, -0.25) is 0 Å². The summed E-state index contributed by atoms with van der Waals surface area (Å²) >= 11 is 0. The van der Waals surface area contributed by atoms with Crippen molar-refractivity contribution in [3.63, 3.8) is 0 Å². The number of hydrogen-bond acceptors (Lipinski definition) is 4. The summed E-state index contributed by atoms with van der Waals surface area (Å²) in [6, 6.07) is 14.5. The molecule has 4 nitrogen and oxygen atoms in total. The third-order valence-corrected chi connectivity index (χ3v) is 6.58. The van der Waals surface area contributed by atoms with Gasteiger partial charge in [0.25, 0.3) is 0 Å². The SMILES string of the molecule is Cc1c2c(c3ccccc3c1OS(=O)(=O)C(F)(F)F)OCC2c1ccc(C(C)C)cc1. The molecule has 0 saturated heterocycles. The molecule has 164 valence electrons. The van der Waals surface area contributed by atoms with Crippen LogP contribution >= 0.6 is 0 Å². The Kier molecular flexibility index (Phi) is 5.16. The molecule has 1 unspecified atom stereocenters. The van der Waals surface area contributed by atoms with Gasteiger partial charge in [0.05, 0.1) is 6.61 Å². The summed E-state index contributed by atoms with van der Waals surface area (Å²) in [4.78, 5) is 0. The molecule has 0 aromatic heterocycles. The van der Waals surface area contributed by atoms with Crippen molar-refractivity contribution in [3.8, 4) is 11.5 Å². The molecule has 8 heteroatoms. The zero-order valence-electron chi connectivity index (χ0n) is 17.2. The Bertz CT molecular complexity index is 1250. The van der Waals surface area contributed by atoms with E-state index in [1.165, 1.54) is 11.6 Å². The fraction of sp³-hybridized carbons (Fsp3) is 0.304. The van der Waals surface area contributed by atoms with Crippen LogP contribution in [0.15, 0.2) is 48.5 Å². The second-order valence-corrected chi connectivity index (χ2v) is 9.45. The topological polar surface area (TPSA) is 52.6 Å². The zero-order valence-corrected chi connectivity index (χ0v) is 18.0. The molecule has 0 aliphatic carbocycles. The molecule has 31 heavy (non-hydrogen) atoms. The number of halogens is 3. The third kappa shape index (κ3) is 3.63. The van der Waals surface area contributed by atoms with E-state index in [2.05, 4.69) is 18.0 Å². The van der Waals surface area contributed by atoms with Crippen molar-refractivity contribution in [2.24, 2.45) is 0 Å². The smallest absolute Gasteiger partial charge is 0.492 e. The van der Waals surface area contributed by atoms with Gasteiger partial charge in [-0.05, 0) is 24.0 Å². The molecule has 3 aromatic rings. The van der Waals surface area contributed by atoms with Crippen molar-refractivity contribution in [2.75, 3.05) is 6.61 Å². The highest BCUT2D eigenvalue weighted by Gasteiger charge is 2.49. The maximum Gasteiger partial charge on any atom is 0.534 e. The Morgan fingerprint density at radius 1 is 1.03 bits per heavy atom. The van der Waals surface area contributed by atoms with Gasteiger partial charge in [0.1, 0.15) is 5.75 Å². The minimum Gasteiger partial charge on any atom is -0.492 e. The van der Waals surface area contributed by atoms with Gasteiger partial charge in [-0.15, -0.1) is 0 Å². The Balaban J connectivity index is 1.90. The normalized spacial score (nSPS) is 16.4. The van der Waals surface area contributed by atoms with Crippen molar-refractivity contribution in [3.05, 3.63) is 70.8 Å². The maximum absolute atomic E-state index is 13.0. The first-order valence-corrected chi connectivity index (χ1v) is 11.2. The fourth-order valence-corrected chi connectivity index (χ4v) is 4.51. The van der Waals surface area contributed by atoms with Crippen LogP contribution in [0.2, 0.25) is 0 Å². The van der Waals surface area contributed by atoms with E-state index >= 15 is 0 Å². The molecule has 1 aliphatic heterocycles. The summed E-state index contributed by atoms with van der Waals surface area (Å²) in [5, 5.41) is 0.763. The lowest BCUT2D eigenvalue weighted by Crippen LogP contribution is -2.28. The van der Waals surface area contributed by atoms with Gasteiger partial charge in [0.2, 0.25) is 0 Å². The molecular formula is C23H21F3O4S. The zero-order chi connectivity index (χ0) is 22.6. The lowest BCUT2D eigenvalue weighted by atomic mass is 9.87. The molecule has 0 fully saturated rings. The van der Waals surface area contributed by atoms with E-state index in [1.54, 1.807) is 25.1 Å². The van der Waals surface area contributed by atoms with E-state index in [1.807, 2.05) is 24.3 Å². The van der Waals surface area contributed by atoms with Gasteiger partial charge in [-0.2, -0.15) is 21.6 Å². The molecule has 0 amide bonds. The van der Waals surface area contributed by atoms with Crippen molar-refractivity contribution in [2.45, 2.75) is 38.1 Å². The Morgan fingerprint density at radius 2 is 1.65 bits per heavy atom. The molecule has 0 N–H and O–H groups in total. The summed E-state index contributed by atoms with van der Waals surface area (Å²) in [7, 11) is -5.82. The Morgan fingerprint density at radius 3 is 2.23 bits per heavy atom. The highest BCUT2D eigenvalue weighted by Crippen LogP contribution is 2.49. The van der Waals surface area contributed by atoms with E-state index in [-0.39, 0.29) is 17.1 Å². The minimum atomic E-state index is -5.82. The number of ether oxygens (including phenoxy) is 1. The third-order valence-electron chi connectivity index (χ3n) is 5.63. The largest absolute Gasteiger partial charge is 0.534 e. The van der Waals surface area contributed by atoms with Crippen LogP contribution in [0.1, 0.15) is 47.9 Å². The number of alkyl halides is 3. The van der Waals surface area contributed by atoms with Crippen LogP contribution in [-0.2, 0) is 10.1 Å². The Labute approximate surface area is 178 Å². The predicted octanol–water partition coefficient (Wildman–Crippen LogP) is 6.02. The van der Waals surface area contributed by atoms with Gasteiger partial charge in [-0.25, -0.2) is 0 Å². The summed E-state index contributed by atoms with van der Waals surface area (Å²) in [5.41, 5.74) is -2.47. The summed E-state index contributed by atoms with van der Waals surface area (Å²) in [6.45, 7) is 6.04. The molecule has 0 spiro atoms. The number of benzene rings is 3. The molecule has 1 aliphatic rings. The van der Waals surface area contributed by atoms with Crippen LogP contribution in [0.5, 0.6) is 11.5 Å². The monoisotopic (exact) mass is 450 g/mol. The maximum atomic E-state index is 13.0. The fourth-order valence-electron chi connectivity index (χ4n) is 3.98. The van der Waals surface area contributed by atoms with Crippen LogP contribution in [-0.4, -0.2) is 20.5 Å². The highest BCUT2D eigenvalue weighted by atomic mass is 32.2. The van der Waals surface area contributed by atoms with E-state index < -0.39 is 15.6 Å². The van der Waals surface area contributed by atoms with Crippen LogP contribution in [0.25, 0.3) is 10.8 Å². The highest BCUT2D eigenvalue weighted by molar-refractivity contribution is 7.88.